The molecule has 2 nitrogen and oxygen atoms in total. The van der Waals surface area contributed by atoms with Crippen LogP contribution in [0.3, 0.4) is 0 Å². The maximum absolute atomic E-state index is 5.05. The minimum absolute atomic E-state index is 0.766. The highest BCUT2D eigenvalue weighted by molar-refractivity contribution is 8.00. The second-order valence-electron chi connectivity index (χ2n) is 3.58. The van der Waals surface area contributed by atoms with Crippen LogP contribution in [0.15, 0.2) is 0 Å². The molecule has 1 heterocycles. The first-order valence-corrected chi connectivity index (χ1v) is 6.25. The Balaban J connectivity index is 2.03. The summed E-state index contributed by atoms with van der Waals surface area (Å²) in [6, 6.07) is 0.766. The quantitative estimate of drug-likeness (QED) is 0.666. The fourth-order valence-electron chi connectivity index (χ4n) is 1.79. The molecule has 2 unspecified atom stereocenters. The predicted octanol–water partition coefficient (Wildman–Crippen LogP) is 1.90. The Kier molecular flexibility index (Phi) is 5.83. The van der Waals surface area contributed by atoms with Gasteiger partial charge in [-0.2, -0.15) is 11.8 Å². The first kappa shape index (κ1) is 11.3. The largest absolute Gasteiger partial charge is 0.385 e. The van der Waals surface area contributed by atoms with Gasteiger partial charge in [0.15, 0.2) is 0 Å². The minimum atomic E-state index is 0.766. The van der Waals surface area contributed by atoms with Gasteiger partial charge < -0.3 is 10.1 Å². The molecule has 1 rings (SSSR count). The minimum Gasteiger partial charge on any atom is -0.385 e. The van der Waals surface area contributed by atoms with Gasteiger partial charge in [-0.15, -0.1) is 0 Å². The van der Waals surface area contributed by atoms with Crippen LogP contribution in [0.1, 0.15) is 26.2 Å². The Hall–Kier alpha value is 0.270. The number of ether oxygens (including phenoxy) is 1. The Morgan fingerprint density at radius 2 is 2.38 bits per heavy atom. The van der Waals surface area contributed by atoms with Crippen LogP contribution >= 0.6 is 11.8 Å². The molecular formula is C10H21NOS. The van der Waals surface area contributed by atoms with Crippen LogP contribution in [0.2, 0.25) is 0 Å². The molecule has 2 atom stereocenters. The fourth-order valence-corrected chi connectivity index (χ4v) is 3.25. The van der Waals surface area contributed by atoms with Crippen molar-refractivity contribution >= 4 is 11.8 Å². The highest BCUT2D eigenvalue weighted by Crippen LogP contribution is 2.29. The molecule has 1 fully saturated rings. The smallest absolute Gasteiger partial charge is 0.0462 e. The molecule has 0 radical (unpaired) electrons. The Labute approximate surface area is 85.8 Å². The van der Waals surface area contributed by atoms with Crippen molar-refractivity contribution in [2.45, 2.75) is 37.5 Å². The van der Waals surface area contributed by atoms with Crippen LogP contribution in [-0.4, -0.2) is 37.3 Å². The lowest BCUT2D eigenvalue weighted by molar-refractivity contribution is 0.192. The molecule has 0 aliphatic carbocycles. The zero-order valence-electron chi connectivity index (χ0n) is 8.71. The number of hydrogen-bond donors (Lipinski definition) is 1. The van der Waals surface area contributed by atoms with E-state index in [0.717, 1.165) is 24.4 Å². The van der Waals surface area contributed by atoms with Crippen molar-refractivity contribution in [2.75, 3.05) is 26.0 Å². The molecule has 1 aliphatic heterocycles. The Morgan fingerprint density at radius 1 is 1.54 bits per heavy atom. The summed E-state index contributed by atoms with van der Waals surface area (Å²) in [6.45, 7) is 4.21. The van der Waals surface area contributed by atoms with Gasteiger partial charge in [0.1, 0.15) is 0 Å². The fraction of sp³-hybridized carbons (Fsp3) is 1.00. The van der Waals surface area contributed by atoms with Crippen LogP contribution in [0.25, 0.3) is 0 Å². The highest BCUT2D eigenvalue weighted by atomic mass is 32.2. The average molecular weight is 203 g/mol. The van der Waals surface area contributed by atoms with E-state index in [2.05, 4.69) is 24.0 Å². The van der Waals surface area contributed by atoms with Crippen LogP contribution in [0.4, 0.5) is 0 Å². The van der Waals surface area contributed by atoms with E-state index >= 15 is 0 Å². The highest BCUT2D eigenvalue weighted by Gasteiger charge is 2.23. The third-order valence-electron chi connectivity index (χ3n) is 2.45. The van der Waals surface area contributed by atoms with Gasteiger partial charge in [0.25, 0.3) is 0 Å². The van der Waals surface area contributed by atoms with Crippen LogP contribution in [-0.2, 0) is 4.74 Å². The van der Waals surface area contributed by atoms with E-state index in [-0.39, 0.29) is 0 Å². The van der Waals surface area contributed by atoms with E-state index in [1.165, 1.54) is 25.0 Å². The summed E-state index contributed by atoms with van der Waals surface area (Å²) in [5.74, 6) is 1.30. The van der Waals surface area contributed by atoms with Crippen molar-refractivity contribution in [1.82, 2.24) is 5.32 Å². The van der Waals surface area contributed by atoms with Crippen molar-refractivity contribution in [3.05, 3.63) is 0 Å². The summed E-state index contributed by atoms with van der Waals surface area (Å²) in [7, 11) is 1.78. The number of nitrogens with one attached hydrogen (secondary N) is 1. The van der Waals surface area contributed by atoms with E-state index in [1.807, 2.05) is 0 Å². The third kappa shape index (κ3) is 4.34. The van der Waals surface area contributed by atoms with Crippen LogP contribution in [0.5, 0.6) is 0 Å². The van der Waals surface area contributed by atoms with Crippen molar-refractivity contribution in [3.8, 4) is 0 Å². The van der Waals surface area contributed by atoms with E-state index in [4.69, 9.17) is 4.74 Å². The molecule has 0 amide bonds. The molecule has 13 heavy (non-hydrogen) atoms. The van der Waals surface area contributed by atoms with Gasteiger partial charge in [-0.05, 0) is 25.8 Å². The second kappa shape index (κ2) is 6.68. The van der Waals surface area contributed by atoms with Crippen LogP contribution < -0.4 is 5.32 Å². The molecule has 0 aromatic rings. The predicted molar refractivity (Wildman–Crippen MR) is 59.4 cm³/mol. The van der Waals surface area contributed by atoms with Crippen molar-refractivity contribution in [1.29, 1.82) is 0 Å². The van der Waals surface area contributed by atoms with Crippen molar-refractivity contribution in [2.24, 2.45) is 0 Å². The van der Waals surface area contributed by atoms with E-state index in [0.29, 0.717) is 0 Å². The van der Waals surface area contributed by atoms with Crippen molar-refractivity contribution < 1.29 is 4.74 Å². The number of methoxy groups -OCH3 is 1. The summed E-state index contributed by atoms with van der Waals surface area (Å²) in [6.07, 6.45) is 3.88. The third-order valence-corrected chi connectivity index (χ3v) is 3.94. The molecule has 0 saturated carbocycles. The summed E-state index contributed by atoms with van der Waals surface area (Å²) in [5.41, 5.74) is 0. The topological polar surface area (TPSA) is 21.3 Å². The number of thioether (sulfide) groups is 1. The molecule has 0 spiro atoms. The maximum Gasteiger partial charge on any atom is 0.0462 e. The van der Waals surface area contributed by atoms with Gasteiger partial charge in [-0.25, -0.2) is 0 Å². The number of hydrogen-bond acceptors (Lipinski definition) is 3. The summed E-state index contributed by atoms with van der Waals surface area (Å²) < 4.78 is 5.05. The van der Waals surface area contributed by atoms with Crippen molar-refractivity contribution in [3.63, 3.8) is 0 Å². The monoisotopic (exact) mass is 203 g/mol. The number of rotatable bonds is 6. The lowest BCUT2D eigenvalue weighted by Crippen LogP contribution is -2.28. The van der Waals surface area contributed by atoms with Gasteiger partial charge in [-0.3, -0.25) is 0 Å². The van der Waals surface area contributed by atoms with E-state index in [9.17, 15) is 0 Å². The second-order valence-corrected chi connectivity index (χ2v) is 4.91. The standard InChI is InChI=1S/C10H21NOS/c1-3-11-9-7-10(13-8-9)5-4-6-12-2/h9-11H,3-8H2,1-2H3. The molecule has 78 valence electrons. The van der Waals surface area contributed by atoms with Gasteiger partial charge in [-0.1, -0.05) is 6.92 Å². The van der Waals surface area contributed by atoms with Crippen LogP contribution in [0, 0.1) is 0 Å². The first-order chi connectivity index (χ1) is 6.36. The van der Waals surface area contributed by atoms with Gasteiger partial charge in [0, 0.05) is 30.8 Å². The summed E-state index contributed by atoms with van der Waals surface area (Å²) in [4.78, 5) is 0. The molecular weight excluding hydrogens is 182 g/mol. The van der Waals surface area contributed by atoms with Gasteiger partial charge in [0.2, 0.25) is 0 Å². The first-order valence-electron chi connectivity index (χ1n) is 5.20. The normalized spacial score (nSPS) is 28.2. The van der Waals surface area contributed by atoms with E-state index < -0.39 is 0 Å². The van der Waals surface area contributed by atoms with E-state index in [1.54, 1.807) is 7.11 Å². The van der Waals surface area contributed by atoms with Gasteiger partial charge >= 0.3 is 0 Å². The summed E-state index contributed by atoms with van der Waals surface area (Å²) in [5, 5.41) is 4.39. The molecule has 0 bridgehead atoms. The SMILES string of the molecule is CCNC1CSC(CCCOC)C1. The maximum atomic E-state index is 5.05. The molecule has 0 aromatic heterocycles. The van der Waals surface area contributed by atoms with Gasteiger partial charge in [0.05, 0.1) is 0 Å². The molecule has 1 N–H and O–H groups in total. The zero-order chi connectivity index (χ0) is 9.52. The lowest BCUT2D eigenvalue weighted by Gasteiger charge is -2.10. The Bertz CT molecular complexity index is 132. The lowest BCUT2D eigenvalue weighted by atomic mass is 10.1. The molecule has 1 saturated heterocycles. The molecule has 1 aliphatic rings. The summed E-state index contributed by atoms with van der Waals surface area (Å²) >= 11 is 2.12. The Morgan fingerprint density at radius 3 is 3.08 bits per heavy atom. The molecule has 0 aromatic carbocycles. The molecule has 3 heteroatoms. The average Bonchev–Trinajstić information content (AvgIpc) is 2.54. The zero-order valence-corrected chi connectivity index (χ0v) is 9.53.